The molecule has 1 aliphatic rings. The highest BCUT2D eigenvalue weighted by Crippen LogP contribution is 2.31. The van der Waals surface area contributed by atoms with Gasteiger partial charge in [0, 0.05) is 16.9 Å². The summed E-state index contributed by atoms with van der Waals surface area (Å²) in [6.07, 6.45) is 5.31. The molecule has 1 aliphatic heterocycles. The maximum atomic E-state index is 15.2. The number of halogens is 2. The fourth-order valence-corrected chi connectivity index (χ4v) is 4.36. The van der Waals surface area contributed by atoms with E-state index in [9.17, 15) is 4.39 Å². The van der Waals surface area contributed by atoms with Crippen molar-refractivity contribution in [2.24, 2.45) is 5.92 Å². The SMILES string of the molecule is CCCCCC1COC(c2ccc3c(F)c(CCc4ccc(C#N)c(F)c4)ccc3c2)OC1. The van der Waals surface area contributed by atoms with Gasteiger partial charge in [0.15, 0.2) is 6.29 Å². The maximum absolute atomic E-state index is 15.2. The molecule has 4 rings (SSSR count). The van der Waals surface area contributed by atoms with Crippen molar-refractivity contribution in [3.63, 3.8) is 0 Å². The molecule has 0 unspecified atom stereocenters. The van der Waals surface area contributed by atoms with Gasteiger partial charge >= 0.3 is 0 Å². The first-order chi connectivity index (χ1) is 16.1. The number of rotatable bonds is 8. The first kappa shape index (κ1) is 23.4. The molecule has 1 saturated heterocycles. The van der Waals surface area contributed by atoms with Gasteiger partial charge in [-0.25, -0.2) is 8.78 Å². The van der Waals surface area contributed by atoms with Crippen molar-refractivity contribution in [3.8, 4) is 6.07 Å². The number of fused-ring (bicyclic) bond motifs is 1. The molecule has 0 N–H and O–H groups in total. The molecule has 172 valence electrons. The van der Waals surface area contributed by atoms with E-state index in [1.54, 1.807) is 18.2 Å². The van der Waals surface area contributed by atoms with Crippen molar-refractivity contribution >= 4 is 10.8 Å². The van der Waals surface area contributed by atoms with Gasteiger partial charge in [0.05, 0.1) is 18.8 Å². The Morgan fingerprint density at radius 1 is 0.970 bits per heavy atom. The van der Waals surface area contributed by atoms with Crippen molar-refractivity contribution < 1.29 is 18.3 Å². The molecule has 5 heteroatoms. The van der Waals surface area contributed by atoms with Gasteiger partial charge in [-0.3, -0.25) is 0 Å². The van der Waals surface area contributed by atoms with Gasteiger partial charge in [-0.15, -0.1) is 0 Å². The minimum Gasteiger partial charge on any atom is -0.348 e. The van der Waals surface area contributed by atoms with Crippen molar-refractivity contribution in [1.29, 1.82) is 5.26 Å². The Kier molecular flexibility index (Phi) is 7.69. The zero-order chi connectivity index (χ0) is 23.2. The summed E-state index contributed by atoms with van der Waals surface area (Å²) in [4.78, 5) is 0. The molecule has 33 heavy (non-hydrogen) atoms. The van der Waals surface area contributed by atoms with Crippen molar-refractivity contribution in [2.45, 2.75) is 51.7 Å². The largest absolute Gasteiger partial charge is 0.348 e. The van der Waals surface area contributed by atoms with Crippen molar-refractivity contribution in [3.05, 3.63) is 82.4 Å². The van der Waals surface area contributed by atoms with Crippen molar-refractivity contribution in [2.75, 3.05) is 13.2 Å². The Labute approximate surface area is 193 Å². The average molecular weight is 450 g/mol. The first-order valence-electron chi connectivity index (χ1n) is 11.7. The number of hydrogen-bond donors (Lipinski definition) is 0. The molecule has 0 bridgehead atoms. The topological polar surface area (TPSA) is 42.2 Å². The molecule has 3 nitrogen and oxygen atoms in total. The fraction of sp³-hybridized carbons (Fsp3) is 0.393. The summed E-state index contributed by atoms with van der Waals surface area (Å²) in [5, 5.41) is 10.2. The van der Waals surface area contributed by atoms with Crippen LogP contribution in [-0.4, -0.2) is 13.2 Å². The van der Waals surface area contributed by atoms with Gasteiger partial charge in [0.25, 0.3) is 0 Å². The predicted octanol–water partition coefficient (Wildman–Crippen LogP) is 7.02. The van der Waals surface area contributed by atoms with E-state index in [1.807, 2.05) is 24.3 Å². The standard InChI is InChI=1S/C28H29F2NO2/c1-2-3-4-5-20-17-32-28(33-18-20)23-12-13-25-22(15-23)11-10-21(27(25)30)8-6-19-7-9-24(16-31)26(29)14-19/h7,9-15,20,28H,2-6,8,17-18H2,1H3. The van der Waals surface area contributed by atoms with Gasteiger partial charge in [-0.2, -0.15) is 5.26 Å². The summed E-state index contributed by atoms with van der Waals surface area (Å²) in [6, 6.07) is 15.6. The van der Waals surface area contributed by atoms with Gasteiger partial charge < -0.3 is 9.47 Å². The van der Waals surface area contributed by atoms with Crippen LogP contribution in [0.15, 0.2) is 48.5 Å². The molecule has 0 atom stereocenters. The van der Waals surface area contributed by atoms with Gasteiger partial charge in [-0.1, -0.05) is 56.5 Å². The van der Waals surface area contributed by atoms with Crippen LogP contribution in [0, 0.1) is 28.9 Å². The summed E-state index contributed by atoms with van der Waals surface area (Å²) in [6.45, 7) is 3.58. The van der Waals surface area contributed by atoms with Crippen LogP contribution in [-0.2, 0) is 22.3 Å². The lowest BCUT2D eigenvalue weighted by Crippen LogP contribution is -2.27. The van der Waals surface area contributed by atoms with E-state index in [0.29, 0.717) is 42.9 Å². The normalized spacial score (nSPS) is 18.4. The van der Waals surface area contributed by atoms with Crippen LogP contribution in [0.4, 0.5) is 8.78 Å². The molecule has 1 heterocycles. The molecule has 3 aromatic rings. The van der Waals surface area contributed by atoms with E-state index in [0.717, 1.165) is 22.9 Å². The number of ether oxygens (including phenoxy) is 2. The summed E-state index contributed by atoms with van der Waals surface area (Å²) in [5.41, 5.74) is 2.24. The monoisotopic (exact) mass is 449 g/mol. The van der Waals surface area contributed by atoms with E-state index in [2.05, 4.69) is 6.92 Å². The lowest BCUT2D eigenvalue weighted by molar-refractivity contribution is -0.206. The predicted molar refractivity (Wildman–Crippen MR) is 125 cm³/mol. The Hall–Kier alpha value is -2.81. The van der Waals surface area contributed by atoms with Crippen LogP contribution >= 0.6 is 0 Å². The summed E-state index contributed by atoms with van der Waals surface area (Å²) < 4.78 is 40.9. The minimum atomic E-state index is -0.541. The molecule has 3 aromatic carbocycles. The summed E-state index contributed by atoms with van der Waals surface area (Å²) in [5.74, 6) is -0.353. The van der Waals surface area contributed by atoms with E-state index >= 15 is 4.39 Å². The van der Waals surface area contributed by atoms with Crippen LogP contribution in [0.25, 0.3) is 10.8 Å². The summed E-state index contributed by atoms with van der Waals surface area (Å²) >= 11 is 0. The van der Waals surface area contributed by atoms with Crippen LogP contribution in [0.5, 0.6) is 0 Å². The van der Waals surface area contributed by atoms with Crippen molar-refractivity contribution in [1.82, 2.24) is 0 Å². The number of unbranched alkanes of at least 4 members (excludes halogenated alkanes) is 2. The lowest BCUT2D eigenvalue weighted by atomic mass is 9.98. The maximum Gasteiger partial charge on any atom is 0.183 e. The molecule has 1 fully saturated rings. The third kappa shape index (κ3) is 5.58. The van der Waals surface area contributed by atoms with E-state index in [-0.39, 0.29) is 11.4 Å². The lowest BCUT2D eigenvalue weighted by Gasteiger charge is -2.29. The smallest absolute Gasteiger partial charge is 0.183 e. The average Bonchev–Trinajstić information content (AvgIpc) is 2.84. The van der Waals surface area contributed by atoms with Crippen LogP contribution < -0.4 is 0 Å². The minimum absolute atomic E-state index is 0.0179. The third-order valence-corrected chi connectivity index (χ3v) is 6.35. The van der Waals surface area contributed by atoms with E-state index in [4.69, 9.17) is 14.7 Å². The zero-order valence-corrected chi connectivity index (χ0v) is 18.9. The Morgan fingerprint density at radius 2 is 1.79 bits per heavy atom. The van der Waals surface area contributed by atoms with E-state index in [1.165, 1.54) is 31.4 Å². The van der Waals surface area contributed by atoms with Crippen LogP contribution in [0.1, 0.15) is 61.2 Å². The van der Waals surface area contributed by atoms with Crippen LogP contribution in [0.2, 0.25) is 0 Å². The van der Waals surface area contributed by atoms with Gasteiger partial charge in [-0.05, 0) is 54.0 Å². The summed E-state index contributed by atoms with van der Waals surface area (Å²) in [7, 11) is 0. The molecule has 0 spiro atoms. The highest BCUT2D eigenvalue weighted by Gasteiger charge is 2.23. The Bertz CT molecular complexity index is 1150. The molecule has 0 radical (unpaired) electrons. The molecular weight excluding hydrogens is 420 g/mol. The van der Waals surface area contributed by atoms with Gasteiger partial charge in [0.2, 0.25) is 0 Å². The number of hydrogen-bond acceptors (Lipinski definition) is 3. The number of aryl methyl sites for hydroxylation is 2. The second-order valence-electron chi connectivity index (χ2n) is 8.81. The molecule has 0 amide bonds. The second kappa shape index (κ2) is 10.9. The third-order valence-electron chi connectivity index (χ3n) is 6.35. The van der Waals surface area contributed by atoms with Gasteiger partial charge in [0.1, 0.15) is 17.7 Å². The molecule has 0 saturated carbocycles. The molecule has 0 aliphatic carbocycles. The number of benzene rings is 3. The quantitative estimate of drug-likeness (QED) is 0.347. The zero-order valence-electron chi connectivity index (χ0n) is 18.9. The number of nitriles is 1. The molecular formula is C28H29F2NO2. The van der Waals surface area contributed by atoms with E-state index < -0.39 is 12.1 Å². The fourth-order valence-electron chi connectivity index (χ4n) is 4.36. The highest BCUT2D eigenvalue weighted by atomic mass is 19.1. The highest BCUT2D eigenvalue weighted by molar-refractivity contribution is 5.84. The first-order valence-corrected chi connectivity index (χ1v) is 11.7. The Morgan fingerprint density at radius 3 is 2.52 bits per heavy atom. The number of nitrogens with zero attached hydrogens (tertiary/aromatic N) is 1. The second-order valence-corrected chi connectivity index (χ2v) is 8.81. The Balaban J connectivity index is 1.41. The van der Waals surface area contributed by atoms with Crippen LogP contribution in [0.3, 0.4) is 0 Å². The molecule has 0 aromatic heterocycles.